The van der Waals surface area contributed by atoms with Crippen molar-refractivity contribution in [2.75, 3.05) is 26.4 Å². The van der Waals surface area contributed by atoms with E-state index in [0.717, 1.165) is 5.56 Å². The van der Waals surface area contributed by atoms with Crippen LogP contribution in [0.2, 0.25) is 0 Å². The van der Waals surface area contributed by atoms with E-state index >= 15 is 0 Å². The van der Waals surface area contributed by atoms with Gasteiger partial charge in [-0.2, -0.15) is 0 Å². The number of carbonyl (C=O) groups is 1. The Hall–Kier alpha value is -0.670. The summed E-state index contributed by atoms with van der Waals surface area (Å²) in [5.74, 6) is -0.523. The van der Waals surface area contributed by atoms with Crippen LogP contribution in [0.4, 0.5) is 0 Å². The van der Waals surface area contributed by atoms with Crippen LogP contribution in [0.3, 0.4) is 0 Å². The molecule has 2 atom stereocenters. The minimum absolute atomic E-state index is 0. The zero-order valence-electron chi connectivity index (χ0n) is 18.6. The van der Waals surface area contributed by atoms with Crippen LogP contribution in [0.5, 0.6) is 5.75 Å². The van der Waals surface area contributed by atoms with Crippen molar-refractivity contribution in [3.63, 3.8) is 0 Å². The molecular weight excluding hydrogens is 385 g/mol. The van der Waals surface area contributed by atoms with E-state index in [9.17, 15) is 15.0 Å². The van der Waals surface area contributed by atoms with Crippen molar-refractivity contribution in [2.24, 2.45) is 0 Å². The first kappa shape index (κ1) is 28.3. The summed E-state index contributed by atoms with van der Waals surface area (Å²) in [7, 11) is 0. The molecule has 1 aromatic carbocycles. The number of ether oxygens (including phenoxy) is 3. The van der Waals surface area contributed by atoms with E-state index in [4.69, 9.17) is 14.2 Å². The van der Waals surface area contributed by atoms with E-state index < -0.39 is 18.1 Å². The van der Waals surface area contributed by atoms with Crippen LogP contribution in [-0.4, -0.2) is 66.6 Å². The van der Waals surface area contributed by atoms with Gasteiger partial charge in [0.25, 0.3) is 0 Å². The second-order valence-corrected chi connectivity index (χ2v) is 7.37. The van der Waals surface area contributed by atoms with Crippen LogP contribution in [0.25, 0.3) is 0 Å². The predicted octanol–water partition coefficient (Wildman–Crippen LogP) is -1.78. The van der Waals surface area contributed by atoms with Crippen LogP contribution in [0.1, 0.15) is 40.2 Å². The maximum Gasteiger partial charge on any atom is 1.00 e. The summed E-state index contributed by atoms with van der Waals surface area (Å²) < 4.78 is 16.6. The summed E-state index contributed by atoms with van der Waals surface area (Å²) in [4.78, 5) is 12.8. The van der Waals surface area contributed by atoms with Gasteiger partial charge in [0.05, 0.1) is 31.9 Å². The number of nitrogens with zero attached hydrogens (tertiary/aromatic N) is 1. The molecule has 7 nitrogen and oxygen atoms in total. The number of aliphatic hydroxyl groups excluding tert-OH is 1. The number of benzene rings is 1. The average Bonchev–Trinajstić information content (AvgIpc) is 2.64. The second-order valence-electron chi connectivity index (χ2n) is 7.37. The van der Waals surface area contributed by atoms with Crippen molar-refractivity contribution < 1.29 is 58.8 Å². The van der Waals surface area contributed by atoms with Crippen molar-refractivity contribution >= 4 is 5.97 Å². The third kappa shape index (κ3) is 11.9. The number of aliphatic hydroxyl groups is 1. The molecule has 0 aliphatic rings. The summed E-state index contributed by atoms with van der Waals surface area (Å²) in [6.07, 6.45) is -0.611. The summed E-state index contributed by atoms with van der Waals surface area (Å²) in [5.41, 5.74) is 1.02. The molecule has 0 aromatic heterocycles. The molecule has 8 heteroatoms. The molecule has 2 unspecified atom stereocenters. The Labute approximate surface area is 196 Å². The Morgan fingerprint density at radius 2 is 1.72 bits per heavy atom. The molecule has 160 valence electrons. The van der Waals surface area contributed by atoms with Crippen molar-refractivity contribution in [2.45, 2.75) is 65.5 Å². The van der Waals surface area contributed by atoms with Crippen molar-refractivity contribution in [3.8, 4) is 5.75 Å². The molecule has 1 aromatic rings. The van der Waals surface area contributed by atoms with Gasteiger partial charge in [0, 0.05) is 18.6 Å². The first-order chi connectivity index (χ1) is 13.2. The largest absolute Gasteiger partial charge is 1.00 e. The standard InChI is InChI=1S/C21H35NO6.Na/c1-15(2)22(17(5)21(24)25)12-19(23)14-28-20-8-6-18(7-9-20)13-26-10-11-27-16(3)4;/h6-9,15-17,19,23H,10-14H2,1-5H3,(H,24,25);/q;+1/p-1. The zero-order valence-corrected chi connectivity index (χ0v) is 20.6. The normalized spacial score (nSPS) is 13.4. The number of rotatable bonds is 14. The number of carbonyl (C=O) groups excluding carboxylic acids is 1. The van der Waals surface area contributed by atoms with Gasteiger partial charge in [-0.15, -0.1) is 0 Å². The quantitative estimate of drug-likeness (QED) is 0.282. The van der Waals surface area contributed by atoms with Gasteiger partial charge in [0.15, 0.2) is 0 Å². The first-order valence-electron chi connectivity index (χ1n) is 9.76. The van der Waals surface area contributed by atoms with Crippen LogP contribution in [0, 0.1) is 0 Å². The van der Waals surface area contributed by atoms with Gasteiger partial charge >= 0.3 is 29.6 Å². The van der Waals surface area contributed by atoms with Gasteiger partial charge in [-0.3, -0.25) is 4.90 Å². The van der Waals surface area contributed by atoms with E-state index in [1.165, 1.54) is 0 Å². The zero-order chi connectivity index (χ0) is 21.1. The van der Waals surface area contributed by atoms with Crippen molar-refractivity contribution in [3.05, 3.63) is 29.8 Å². The van der Waals surface area contributed by atoms with Crippen LogP contribution in [0.15, 0.2) is 24.3 Å². The number of hydrogen-bond acceptors (Lipinski definition) is 7. The van der Waals surface area contributed by atoms with Gasteiger partial charge in [0.1, 0.15) is 18.5 Å². The van der Waals surface area contributed by atoms with Crippen molar-refractivity contribution in [1.29, 1.82) is 0 Å². The molecule has 0 heterocycles. The molecule has 0 saturated carbocycles. The number of carboxylic acid groups (broad SMARTS) is 1. The summed E-state index contributed by atoms with van der Waals surface area (Å²) in [6.45, 7) is 11.2. The van der Waals surface area contributed by atoms with Crippen LogP contribution >= 0.6 is 0 Å². The van der Waals surface area contributed by atoms with E-state index in [-0.39, 0.29) is 54.9 Å². The van der Waals surface area contributed by atoms with Crippen LogP contribution < -0.4 is 39.4 Å². The van der Waals surface area contributed by atoms with Crippen molar-refractivity contribution in [1.82, 2.24) is 4.90 Å². The Balaban J connectivity index is 0.00000784. The number of aliphatic carboxylic acids is 1. The minimum Gasteiger partial charge on any atom is -0.548 e. The minimum atomic E-state index is -1.16. The molecule has 0 saturated heterocycles. The maximum absolute atomic E-state index is 11.1. The van der Waals surface area contributed by atoms with E-state index in [1.54, 1.807) is 11.8 Å². The monoisotopic (exact) mass is 419 g/mol. The van der Waals surface area contributed by atoms with Gasteiger partial charge in [-0.1, -0.05) is 12.1 Å². The number of carboxylic acids is 1. The molecule has 0 spiro atoms. The second kappa shape index (κ2) is 15.2. The molecule has 0 aliphatic heterocycles. The van der Waals surface area contributed by atoms with E-state index in [0.29, 0.717) is 25.6 Å². The Morgan fingerprint density at radius 1 is 1.10 bits per heavy atom. The third-order valence-corrected chi connectivity index (χ3v) is 4.24. The first-order valence-corrected chi connectivity index (χ1v) is 9.76. The number of hydrogen-bond donors (Lipinski definition) is 1. The third-order valence-electron chi connectivity index (χ3n) is 4.24. The molecule has 1 rings (SSSR count). The fraction of sp³-hybridized carbons (Fsp3) is 0.667. The van der Waals surface area contributed by atoms with Gasteiger partial charge in [-0.05, 0) is 52.3 Å². The summed E-state index contributed by atoms with van der Waals surface area (Å²) in [6, 6.07) is 6.64. The fourth-order valence-corrected chi connectivity index (χ4v) is 2.65. The topological polar surface area (TPSA) is 91.3 Å². The molecule has 0 amide bonds. The molecule has 0 bridgehead atoms. The SMILES string of the molecule is CC(C)OCCOCc1ccc(OCC(O)CN(C(C)C)C(C)C(=O)[O-])cc1.[Na+]. The van der Waals surface area contributed by atoms with Gasteiger partial charge in [0.2, 0.25) is 0 Å². The van der Waals surface area contributed by atoms with E-state index in [2.05, 4.69) is 0 Å². The summed E-state index contributed by atoms with van der Waals surface area (Å²) >= 11 is 0. The Kier molecular flexibility index (Phi) is 14.8. The van der Waals surface area contributed by atoms with Gasteiger partial charge in [-0.25, -0.2) is 0 Å². The molecular formula is C21H34NNaO6. The average molecular weight is 419 g/mol. The molecule has 0 aliphatic carbocycles. The molecule has 0 radical (unpaired) electrons. The van der Waals surface area contributed by atoms with Gasteiger partial charge < -0.3 is 29.2 Å². The fourth-order valence-electron chi connectivity index (χ4n) is 2.65. The van der Waals surface area contributed by atoms with Crippen LogP contribution in [-0.2, 0) is 20.9 Å². The molecule has 29 heavy (non-hydrogen) atoms. The summed E-state index contributed by atoms with van der Waals surface area (Å²) in [5, 5.41) is 21.3. The Morgan fingerprint density at radius 3 is 2.24 bits per heavy atom. The smallest absolute Gasteiger partial charge is 0.548 e. The molecule has 1 N–H and O–H groups in total. The predicted molar refractivity (Wildman–Crippen MR) is 105 cm³/mol. The molecule has 0 fully saturated rings. The Bertz CT molecular complexity index is 567. The maximum atomic E-state index is 11.1. The van der Waals surface area contributed by atoms with E-state index in [1.807, 2.05) is 52.0 Å².